The molecule has 0 bridgehead atoms. The smallest absolute Gasteiger partial charge is 0.178 e. The van der Waals surface area contributed by atoms with E-state index < -0.39 is 28.5 Å². The summed E-state index contributed by atoms with van der Waals surface area (Å²) in [4.78, 5) is 3.95. The molecule has 6 nitrogen and oxygen atoms in total. The number of H-pyrrole nitrogens is 1. The Morgan fingerprint density at radius 1 is 0.977 bits per heavy atom. The third-order valence-electron chi connectivity index (χ3n) is 12.9. The number of aromatic nitrogens is 1. The molecule has 6 aliphatic rings. The Morgan fingerprint density at radius 2 is 1.77 bits per heavy atom. The van der Waals surface area contributed by atoms with Gasteiger partial charge in [0.1, 0.15) is 23.9 Å². The van der Waals surface area contributed by atoms with Gasteiger partial charge in [0, 0.05) is 27.4 Å². The van der Waals surface area contributed by atoms with Crippen LogP contribution in [0.5, 0.6) is 0 Å². The molecule has 0 radical (unpaired) electrons. The van der Waals surface area contributed by atoms with E-state index >= 15 is 0 Å². The highest BCUT2D eigenvalue weighted by molar-refractivity contribution is 5.89. The average Bonchev–Trinajstić information content (AvgIpc) is 3.50. The SMILES string of the molecule is CC(C)=CCc1cccc2[nH]c3c(c12)C[C@H]1CC[C@@]2(O)[C@@]45O[C@@H]4[C@@H]4O[C@@H](C=C(C)C)OC(C)(C)[C@H]4O[C@H]5CC[C@]2(C)[C@]31C. The van der Waals surface area contributed by atoms with Crippen molar-refractivity contribution in [2.75, 3.05) is 0 Å². The summed E-state index contributed by atoms with van der Waals surface area (Å²) in [6, 6.07) is 6.70. The minimum Gasteiger partial charge on any atom is -0.386 e. The molecule has 3 aliphatic carbocycles. The third kappa shape index (κ3) is 3.43. The number of hydrogen-bond acceptors (Lipinski definition) is 5. The summed E-state index contributed by atoms with van der Waals surface area (Å²) < 4.78 is 26.7. The van der Waals surface area contributed by atoms with Gasteiger partial charge in [-0.15, -0.1) is 0 Å². The second-order valence-corrected chi connectivity index (χ2v) is 16.0. The van der Waals surface area contributed by atoms with Crippen LogP contribution >= 0.6 is 0 Å². The van der Waals surface area contributed by atoms with Gasteiger partial charge in [-0.3, -0.25) is 0 Å². The first-order valence-electron chi connectivity index (χ1n) is 16.6. The van der Waals surface area contributed by atoms with Gasteiger partial charge in [-0.1, -0.05) is 43.2 Å². The number of rotatable bonds is 3. The fourth-order valence-electron chi connectivity index (χ4n) is 10.6. The van der Waals surface area contributed by atoms with E-state index in [1.54, 1.807) is 0 Å². The lowest BCUT2D eigenvalue weighted by Gasteiger charge is -2.66. The van der Waals surface area contributed by atoms with Gasteiger partial charge in [-0.05, 0) is 109 Å². The largest absolute Gasteiger partial charge is 0.386 e. The van der Waals surface area contributed by atoms with Crippen LogP contribution in [0, 0.1) is 11.3 Å². The minimum atomic E-state index is -1.04. The predicted molar refractivity (Wildman–Crippen MR) is 167 cm³/mol. The Kier molecular flexibility index (Phi) is 5.87. The van der Waals surface area contributed by atoms with Gasteiger partial charge < -0.3 is 29.0 Å². The monoisotopic (exact) mass is 587 g/mol. The van der Waals surface area contributed by atoms with Gasteiger partial charge in [0.2, 0.25) is 0 Å². The van der Waals surface area contributed by atoms with Crippen molar-refractivity contribution in [2.24, 2.45) is 11.3 Å². The number of aromatic amines is 1. The zero-order chi connectivity index (χ0) is 30.3. The van der Waals surface area contributed by atoms with Crippen LogP contribution in [0.15, 0.2) is 41.5 Å². The summed E-state index contributed by atoms with van der Waals surface area (Å²) in [7, 11) is 0. The van der Waals surface area contributed by atoms with Gasteiger partial charge in [0.15, 0.2) is 11.9 Å². The van der Waals surface area contributed by atoms with Crippen LogP contribution in [0.3, 0.4) is 0 Å². The molecule has 1 spiro atoms. The standard InChI is InChI=1S/C37H49NO5/c1-20(2)12-13-22-10-9-11-25-28(22)24-19-23-14-17-36(39)34(7,35(23,8)30(24)38-25)16-15-26-37(36)32(43-37)29-31(40-26)33(5,6)42-27(41-29)18-21(3)4/h9-12,18,23,26-27,29,31-32,38-39H,13-17,19H2,1-8H3/t23-,26+,27-,29-,31+,32-,34-,35+,36+,37+/m1/s1. The Balaban J connectivity index is 1.21. The van der Waals surface area contributed by atoms with Gasteiger partial charge in [-0.2, -0.15) is 0 Å². The van der Waals surface area contributed by atoms with Crippen LogP contribution in [0.25, 0.3) is 10.9 Å². The molecule has 6 heteroatoms. The van der Waals surface area contributed by atoms with Crippen molar-refractivity contribution >= 4 is 10.9 Å². The van der Waals surface area contributed by atoms with Gasteiger partial charge in [0.25, 0.3) is 0 Å². The minimum absolute atomic E-state index is 0.178. The summed E-state index contributed by atoms with van der Waals surface area (Å²) in [6.07, 6.45) is 8.43. The molecular formula is C37H49NO5. The maximum absolute atomic E-state index is 13.3. The van der Waals surface area contributed by atoms with E-state index in [0.717, 1.165) is 44.1 Å². The van der Waals surface area contributed by atoms with E-state index in [0.29, 0.717) is 5.92 Å². The van der Waals surface area contributed by atoms with Crippen LogP contribution in [0.4, 0.5) is 0 Å². The van der Waals surface area contributed by atoms with E-state index in [1.165, 1.54) is 33.3 Å². The number of aliphatic hydroxyl groups is 1. The lowest BCUT2D eigenvalue weighted by atomic mass is 9.40. The normalized spacial score (nSPS) is 45.1. The van der Waals surface area contributed by atoms with Crippen LogP contribution in [-0.4, -0.2) is 57.6 Å². The molecule has 0 unspecified atom stereocenters. The number of ether oxygens (including phenoxy) is 4. The molecule has 3 aliphatic heterocycles. The van der Waals surface area contributed by atoms with Crippen molar-refractivity contribution < 1.29 is 24.1 Å². The molecule has 3 saturated heterocycles. The number of epoxide rings is 1. The number of hydrogen-bond donors (Lipinski definition) is 2. The average molecular weight is 588 g/mol. The third-order valence-corrected chi connectivity index (χ3v) is 12.9. The van der Waals surface area contributed by atoms with Crippen LogP contribution in [-0.2, 0) is 37.2 Å². The van der Waals surface area contributed by atoms with E-state index in [9.17, 15) is 5.11 Å². The second kappa shape index (κ2) is 8.85. The van der Waals surface area contributed by atoms with E-state index in [1.807, 2.05) is 6.08 Å². The van der Waals surface area contributed by atoms with Crippen molar-refractivity contribution in [1.29, 1.82) is 0 Å². The second-order valence-electron chi connectivity index (χ2n) is 16.0. The lowest BCUT2D eigenvalue weighted by Crippen LogP contribution is -2.77. The number of nitrogens with one attached hydrogen (secondary N) is 1. The van der Waals surface area contributed by atoms with Gasteiger partial charge in [-0.25, -0.2) is 0 Å². The Labute approximate surface area is 256 Å². The molecule has 8 rings (SSSR count). The zero-order valence-electron chi connectivity index (χ0n) is 27.2. The maximum atomic E-state index is 13.3. The molecule has 0 amide bonds. The first-order valence-corrected chi connectivity index (χ1v) is 16.6. The Bertz CT molecular complexity index is 1560. The topological polar surface area (TPSA) is 76.2 Å². The molecule has 232 valence electrons. The Hall–Kier alpha value is -1.96. The van der Waals surface area contributed by atoms with Gasteiger partial charge >= 0.3 is 0 Å². The van der Waals surface area contributed by atoms with Crippen LogP contribution < -0.4 is 0 Å². The molecular weight excluding hydrogens is 538 g/mol. The molecule has 1 aromatic carbocycles. The maximum Gasteiger partial charge on any atom is 0.178 e. The molecule has 1 aromatic heterocycles. The van der Waals surface area contributed by atoms with Crippen LogP contribution in [0.1, 0.15) is 97.9 Å². The summed E-state index contributed by atoms with van der Waals surface area (Å²) in [6.45, 7) is 17.5. The highest BCUT2D eigenvalue weighted by Gasteiger charge is 2.87. The van der Waals surface area contributed by atoms with E-state index in [-0.39, 0.29) is 29.8 Å². The highest BCUT2D eigenvalue weighted by Crippen LogP contribution is 2.75. The number of benzene rings is 1. The molecule has 5 fully saturated rings. The Morgan fingerprint density at radius 3 is 2.51 bits per heavy atom. The fourth-order valence-corrected chi connectivity index (χ4v) is 10.6. The van der Waals surface area contributed by atoms with Gasteiger partial charge in [0.05, 0.1) is 11.7 Å². The first kappa shape index (κ1) is 28.5. The van der Waals surface area contributed by atoms with Crippen LogP contribution in [0.2, 0.25) is 0 Å². The summed E-state index contributed by atoms with van der Waals surface area (Å²) in [5.74, 6) is 0.475. The molecule has 2 saturated carbocycles. The summed E-state index contributed by atoms with van der Waals surface area (Å²) in [5, 5.41) is 14.7. The number of allylic oxidation sites excluding steroid dienone is 3. The van der Waals surface area contributed by atoms with Crippen molar-refractivity contribution in [2.45, 2.75) is 147 Å². The lowest BCUT2D eigenvalue weighted by molar-refractivity contribution is -0.343. The highest BCUT2D eigenvalue weighted by atomic mass is 16.8. The van der Waals surface area contributed by atoms with Crippen molar-refractivity contribution in [3.05, 3.63) is 58.3 Å². The van der Waals surface area contributed by atoms with E-state index in [2.05, 4.69) is 84.6 Å². The quantitative estimate of drug-likeness (QED) is 0.304. The molecule has 4 heterocycles. The molecule has 2 aromatic rings. The first-order chi connectivity index (χ1) is 20.3. The molecule has 10 atom stereocenters. The molecule has 43 heavy (non-hydrogen) atoms. The van der Waals surface area contributed by atoms with Crippen molar-refractivity contribution in [1.82, 2.24) is 4.98 Å². The predicted octanol–water partition coefficient (Wildman–Crippen LogP) is 6.82. The molecule has 2 N–H and O–H groups in total. The fraction of sp³-hybridized carbons (Fsp3) is 0.676. The zero-order valence-corrected chi connectivity index (χ0v) is 27.2. The van der Waals surface area contributed by atoms with Crippen molar-refractivity contribution in [3.8, 4) is 0 Å². The summed E-state index contributed by atoms with van der Waals surface area (Å²) >= 11 is 0. The van der Waals surface area contributed by atoms with E-state index in [4.69, 9.17) is 18.9 Å². The van der Waals surface area contributed by atoms with Crippen molar-refractivity contribution in [3.63, 3.8) is 0 Å². The number of fused-ring (bicyclic) bond motifs is 9. The summed E-state index contributed by atoms with van der Waals surface area (Å²) in [5.41, 5.74) is 4.99.